The molecule has 2 aliphatic rings. The third-order valence-corrected chi connectivity index (χ3v) is 6.59. The third kappa shape index (κ3) is 3.83. The van der Waals surface area contributed by atoms with E-state index in [2.05, 4.69) is 5.32 Å². The fraction of sp³-hybridized carbons (Fsp3) is 0.269. The Morgan fingerprint density at radius 2 is 1.80 bits per heavy atom. The molecule has 1 atom stereocenters. The van der Waals surface area contributed by atoms with E-state index in [9.17, 15) is 24.6 Å². The van der Waals surface area contributed by atoms with Gasteiger partial charge in [-0.15, -0.1) is 0 Å². The van der Waals surface area contributed by atoms with Crippen molar-refractivity contribution in [3.05, 3.63) is 69.1 Å². The van der Waals surface area contributed by atoms with Crippen LogP contribution in [0.4, 0.5) is 0 Å². The minimum atomic E-state index is -1.55. The highest BCUT2D eigenvalue weighted by molar-refractivity contribution is 6.31. The van der Waals surface area contributed by atoms with E-state index in [1.54, 1.807) is 31.2 Å². The predicted octanol–water partition coefficient (Wildman–Crippen LogP) is 3.89. The molecule has 0 saturated carbocycles. The summed E-state index contributed by atoms with van der Waals surface area (Å²) in [6.07, 6.45) is 1.18. The highest BCUT2D eigenvalue weighted by Gasteiger charge is 2.56. The molecule has 182 valence electrons. The molecule has 0 fully saturated rings. The number of phenols is 2. The summed E-state index contributed by atoms with van der Waals surface area (Å²) in [5.41, 5.74) is -1.34. The van der Waals surface area contributed by atoms with Crippen LogP contribution >= 0.6 is 11.6 Å². The van der Waals surface area contributed by atoms with Crippen LogP contribution in [0.15, 0.2) is 47.4 Å². The molecule has 9 heteroatoms. The number of aromatic hydroxyl groups is 2. The van der Waals surface area contributed by atoms with Crippen molar-refractivity contribution in [2.45, 2.75) is 33.1 Å². The molecule has 0 radical (unpaired) electrons. The van der Waals surface area contributed by atoms with E-state index in [1.807, 2.05) is 0 Å². The molecule has 2 aromatic carbocycles. The summed E-state index contributed by atoms with van der Waals surface area (Å²) in [6.45, 7) is 6.38. The van der Waals surface area contributed by atoms with Gasteiger partial charge in [-0.05, 0) is 52.0 Å². The maximum atomic E-state index is 13.7. The standard InChI is InChI=1S/C26H24ClNO7/c1-12-22(31)20(14(3)29)24-21(23(12)32)26(4)18(35-24)11-17(30)19(25(26)33)13(2)28-9-10-34-16-7-5-15(27)6-8-16/h5-8,11,28,31-32H,9-10H2,1-4H3/t26-/m0/s1. The molecule has 0 amide bonds. The molecule has 8 nitrogen and oxygen atoms in total. The number of Topliss-reactive ketones (excluding diaryl/α,β-unsaturated/α-hetero) is 2. The summed E-state index contributed by atoms with van der Waals surface area (Å²) >= 11 is 5.86. The normalized spacial score (nSPS) is 20.0. The number of rotatable bonds is 6. The van der Waals surface area contributed by atoms with E-state index in [0.29, 0.717) is 23.0 Å². The van der Waals surface area contributed by atoms with Crippen molar-refractivity contribution in [1.29, 1.82) is 0 Å². The highest BCUT2D eigenvalue weighted by atomic mass is 35.5. The van der Waals surface area contributed by atoms with Gasteiger partial charge in [0.15, 0.2) is 17.3 Å². The van der Waals surface area contributed by atoms with Crippen LogP contribution in [0.3, 0.4) is 0 Å². The molecular weight excluding hydrogens is 474 g/mol. The smallest absolute Gasteiger partial charge is 0.194 e. The lowest BCUT2D eigenvalue weighted by Gasteiger charge is -2.29. The van der Waals surface area contributed by atoms with E-state index in [-0.39, 0.29) is 46.1 Å². The van der Waals surface area contributed by atoms with E-state index < -0.39 is 28.5 Å². The molecular formula is C26H24ClNO7. The first-order chi connectivity index (χ1) is 16.5. The van der Waals surface area contributed by atoms with Gasteiger partial charge in [-0.1, -0.05) is 11.6 Å². The Bertz CT molecular complexity index is 1340. The number of ether oxygens (including phenoxy) is 2. The summed E-state index contributed by atoms with van der Waals surface area (Å²) in [5.74, 6) is -1.94. The summed E-state index contributed by atoms with van der Waals surface area (Å²) in [4.78, 5) is 38.9. The molecule has 1 aliphatic carbocycles. The summed E-state index contributed by atoms with van der Waals surface area (Å²) in [5, 5.41) is 24.9. The first kappa shape index (κ1) is 24.3. The lowest BCUT2D eigenvalue weighted by atomic mass is 9.70. The number of phenolic OH excluding ortho intramolecular Hbond substituents is 2. The van der Waals surface area contributed by atoms with Crippen LogP contribution < -0.4 is 14.8 Å². The number of carbonyl (C=O) groups is 3. The largest absolute Gasteiger partial charge is 0.507 e. The Morgan fingerprint density at radius 3 is 2.43 bits per heavy atom. The first-order valence-corrected chi connectivity index (χ1v) is 11.3. The molecule has 0 spiro atoms. The van der Waals surface area contributed by atoms with Gasteiger partial charge in [0, 0.05) is 28.9 Å². The van der Waals surface area contributed by atoms with Crippen molar-refractivity contribution in [2.24, 2.45) is 0 Å². The van der Waals surface area contributed by atoms with Crippen molar-refractivity contribution >= 4 is 29.0 Å². The average molecular weight is 498 g/mol. The molecule has 1 aliphatic heterocycles. The number of fused-ring (bicyclic) bond motifs is 3. The molecule has 0 saturated heterocycles. The highest BCUT2D eigenvalue weighted by Crippen LogP contribution is 2.57. The second-order valence-electron chi connectivity index (χ2n) is 8.62. The number of halogens is 1. The summed E-state index contributed by atoms with van der Waals surface area (Å²) < 4.78 is 11.4. The fourth-order valence-corrected chi connectivity index (χ4v) is 4.52. The summed E-state index contributed by atoms with van der Waals surface area (Å²) in [6, 6.07) is 6.87. The second kappa shape index (κ2) is 8.78. The Labute approximate surface area is 206 Å². The van der Waals surface area contributed by atoms with E-state index >= 15 is 0 Å². The molecule has 0 bridgehead atoms. The van der Waals surface area contributed by atoms with E-state index in [0.717, 1.165) is 0 Å². The topological polar surface area (TPSA) is 122 Å². The Hall–Kier alpha value is -3.78. The monoisotopic (exact) mass is 497 g/mol. The van der Waals surface area contributed by atoms with Crippen molar-refractivity contribution in [3.63, 3.8) is 0 Å². The van der Waals surface area contributed by atoms with Gasteiger partial charge in [-0.2, -0.15) is 0 Å². The Kier molecular flexibility index (Phi) is 6.11. The van der Waals surface area contributed by atoms with Gasteiger partial charge in [0.1, 0.15) is 46.3 Å². The molecule has 1 heterocycles. The van der Waals surface area contributed by atoms with Gasteiger partial charge >= 0.3 is 0 Å². The quantitative estimate of drug-likeness (QED) is 0.238. The fourth-order valence-electron chi connectivity index (χ4n) is 4.39. The number of hydrogen-bond donors (Lipinski definition) is 3. The van der Waals surface area contributed by atoms with Crippen LogP contribution in [-0.2, 0) is 15.0 Å². The Balaban J connectivity index is 1.66. The van der Waals surface area contributed by atoms with Gasteiger partial charge in [-0.25, -0.2) is 0 Å². The van der Waals surface area contributed by atoms with Crippen LogP contribution in [0.5, 0.6) is 23.0 Å². The maximum absolute atomic E-state index is 13.7. The van der Waals surface area contributed by atoms with Gasteiger partial charge in [0.25, 0.3) is 0 Å². The number of carbonyl (C=O) groups excluding carboxylic acids is 3. The number of allylic oxidation sites excluding steroid dienone is 4. The third-order valence-electron chi connectivity index (χ3n) is 6.33. The van der Waals surface area contributed by atoms with Gasteiger partial charge < -0.3 is 25.0 Å². The van der Waals surface area contributed by atoms with Crippen molar-refractivity contribution in [1.82, 2.24) is 5.32 Å². The maximum Gasteiger partial charge on any atom is 0.194 e. The van der Waals surface area contributed by atoms with Gasteiger partial charge in [0.2, 0.25) is 0 Å². The SMILES string of the molecule is CC(=O)c1c(O)c(C)c(O)c2c1OC1=CC(=O)C(=C(C)NCCOc3ccc(Cl)cc3)C(=O)[C@@]12C. The number of benzene rings is 2. The predicted molar refractivity (Wildman–Crippen MR) is 128 cm³/mol. The first-order valence-electron chi connectivity index (χ1n) is 10.9. The minimum Gasteiger partial charge on any atom is -0.507 e. The number of ketones is 3. The lowest BCUT2D eigenvalue weighted by molar-refractivity contribution is -0.123. The number of hydrogen-bond acceptors (Lipinski definition) is 8. The van der Waals surface area contributed by atoms with Crippen LogP contribution in [-0.4, -0.2) is 40.7 Å². The molecule has 3 N–H and O–H groups in total. The van der Waals surface area contributed by atoms with Crippen molar-refractivity contribution in [3.8, 4) is 23.0 Å². The zero-order valence-corrected chi connectivity index (χ0v) is 20.4. The molecule has 4 rings (SSSR count). The molecule has 0 aromatic heterocycles. The van der Waals surface area contributed by atoms with Gasteiger partial charge in [0.05, 0.1) is 11.1 Å². The number of nitrogens with one attached hydrogen (secondary N) is 1. The zero-order chi connectivity index (χ0) is 25.7. The minimum absolute atomic E-state index is 0.00655. The summed E-state index contributed by atoms with van der Waals surface area (Å²) in [7, 11) is 0. The van der Waals surface area contributed by atoms with Crippen LogP contribution in [0.1, 0.15) is 42.3 Å². The Morgan fingerprint density at radius 1 is 1.14 bits per heavy atom. The van der Waals surface area contributed by atoms with Gasteiger partial charge in [-0.3, -0.25) is 14.4 Å². The van der Waals surface area contributed by atoms with E-state index in [4.69, 9.17) is 21.1 Å². The molecule has 35 heavy (non-hydrogen) atoms. The lowest BCUT2D eigenvalue weighted by Crippen LogP contribution is -2.41. The van der Waals surface area contributed by atoms with Crippen LogP contribution in [0.25, 0.3) is 0 Å². The van der Waals surface area contributed by atoms with Crippen molar-refractivity contribution < 1.29 is 34.1 Å². The zero-order valence-electron chi connectivity index (χ0n) is 19.6. The molecule has 0 unspecified atom stereocenters. The van der Waals surface area contributed by atoms with Crippen molar-refractivity contribution in [2.75, 3.05) is 13.2 Å². The van der Waals surface area contributed by atoms with E-state index in [1.165, 1.54) is 26.8 Å². The average Bonchev–Trinajstić information content (AvgIpc) is 3.09. The van der Waals surface area contributed by atoms with Crippen LogP contribution in [0.2, 0.25) is 5.02 Å². The second-order valence-corrected chi connectivity index (χ2v) is 9.05. The molecule has 2 aromatic rings. The van der Waals surface area contributed by atoms with Crippen LogP contribution in [0, 0.1) is 6.92 Å².